The van der Waals surface area contributed by atoms with Gasteiger partial charge >= 0.3 is 0 Å². The first-order valence-electron chi connectivity index (χ1n) is 9.18. The van der Waals surface area contributed by atoms with Gasteiger partial charge in [0.05, 0.1) is 6.54 Å². The number of nitrogens with one attached hydrogen (secondary N) is 2. The van der Waals surface area contributed by atoms with E-state index >= 15 is 0 Å². The van der Waals surface area contributed by atoms with E-state index in [1.54, 1.807) is 0 Å². The SMILES string of the molecule is Cc1ccc(OCCNC(=S)Nc2ccc(N3CCCC3=O)c(C)c2)cc1. The van der Waals surface area contributed by atoms with E-state index in [0.29, 0.717) is 24.7 Å². The second kappa shape index (κ2) is 8.86. The van der Waals surface area contributed by atoms with E-state index < -0.39 is 0 Å². The lowest BCUT2D eigenvalue weighted by molar-refractivity contribution is -0.117. The molecule has 1 amide bonds. The summed E-state index contributed by atoms with van der Waals surface area (Å²) in [4.78, 5) is 13.8. The zero-order valence-electron chi connectivity index (χ0n) is 15.7. The minimum Gasteiger partial charge on any atom is -0.492 e. The molecule has 0 radical (unpaired) electrons. The van der Waals surface area contributed by atoms with Crippen molar-refractivity contribution < 1.29 is 9.53 Å². The van der Waals surface area contributed by atoms with Gasteiger partial charge in [-0.3, -0.25) is 4.79 Å². The summed E-state index contributed by atoms with van der Waals surface area (Å²) in [6.07, 6.45) is 1.56. The van der Waals surface area contributed by atoms with Gasteiger partial charge in [0.1, 0.15) is 12.4 Å². The number of thiocarbonyl (C=S) groups is 1. The molecule has 0 aliphatic carbocycles. The van der Waals surface area contributed by atoms with Crippen LogP contribution in [0.2, 0.25) is 0 Å². The zero-order chi connectivity index (χ0) is 19.2. The van der Waals surface area contributed by atoms with Gasteiger partial charge in [0.15, 0.2) is 5.11 Å². The summed E-state index contributed by atoms with van der Waals surface area (Å²) < 4.78 is 5.68. The second-order valence-corrected chi connectivity index (χ2v) is 7.10. The van der Waals surface area contributed by atoms with Gasteiger partial charge in [-0.2, -0.15) is 0 Å². The Balaban J connectivity index is 1.45. The van der Waals surface area contributed by atoms with Gasteiger partial charge in [-0.25, -0.2) is 0 Å². The molecule has 142 valence electrons. The molecule has 1 fully saturated rings. The van der Waals surface area contributed by atoms with E-state index in [9.17, 15) is 4.79 Å². The molecule has 1 aliphatic heterocycles. The van der Waals surface area contributed by atoms with Gasteiger partial charge < -0.3 is 20.3 Å². The van der Waals surface area contributed by atoms with Crippen LogP contribution in [0.25, 0.3) is 0 Å². The van der Waals surface area contributed by atoms with Crippen LogP contribution in [0.4, 0.5) is 11.4 Å². The molecule has 27 heavy (non-hydrogen) atoms. The summed E-state index contributed by atoms with van der Waals surface area (Å²) in [5.41, 5.74) is 4.15. The topological polar surface area (TPSA) is 53.6 Å². The number of benzene rings is 2. The van der Waals surface area contributed by atoms with Crippen LogP contribution in [-0.2, 0) is 4.79 Å². The maximum Gasteiger partial charge on any atom is 0.227 e. The van der Waals surface area contributed by atoms with Crippen molar-refractivity contribution >= 4 is 34.6 Å². The first kappa shape index (κ1) is 19.2. The lowest BCUT2D eigenvalue weighted by Crippen LogP contribution is -2.32. The summed E-state index contributed by atoms with van der Waals surface area (Å²) >= 11 is 5.34. The summed E-state index contributed by atoms with van der Waals surface area (Å²) in [6, 6.07) is 13.9. The van der Waals surface area contributed by atoms with Crippen LogP contribution >= 0.6 is 12.2 Å². The van der Waals surface area contributed by atoms with E-state index in [4.69, 9.17) is 17.0 Å². The summed E-state index contributed by atoms with van der Waals surface area (Å²) in [6.45, 7) is 6.00. The predicted octanol–water partition coefficient (Wildman–Crippen LogP) is 3.80. The maximum absolute atomic E-state index is 11.9. The van der Waals surface area contributed by atoms with Crippen molar-refractivity contribution in [2.75, 3.05) is 29.9 Å². The van der Waals surface area contributed by atoms with E-state index in [-0.39, 0.29) is 5.91 Å². The number of aryl methyl sites for hydroxylation is 2. The number of anilines is 2. The number of amides is 1. The van der Waals surface area contributed by atoms with Crippen LogP contribution in [-0.4, -0.2) is 30.7 Å². The van der Waals surface area contributed by atoms with E-state index in [0.717, 1.165) is 35.7 Å². The molecule has 2 aromatic rings. The average Bonchev–Trinajstić information content (AvgIpc) is 3.06. The van der Waals surface area contributed by atoms with Crippen molar-refractivity contribution in [1.29, 1.82) is 0 Å². The van der Waals surface area contributed by atoms with Crippen molar-refractivity contribution in [3.63, 3.8) is 0 Å². The zero-order valence-corrected chi connectivity index (χ0v) is 16.6. The lowest BCUT2D eigenvalue weighted by Gasteiger charge is -2.19. The van der Waals surface area contributed by atoms with Crippen molar-refractivity contribution in [1.82, 2.24) is 5.32 Å². The number of ether oxygens (including phenoxy) is 1. The lowest BCUT2D eigenvalue weighted by atomic mass is 10.1. The number of carbonyl (C=O) groups is 1. The molecule has 0 spiro atoms. The van der Waals surface area contributed by atoms with Gasteiger partial charge in [0, 0.05) is 24.3 Å². The third kappa shape index (κ3) is 5.20. The van der Waals surface area contributed by atoms with Crippen LogP contribution in [0.1, 0.15) is 24.0 Å². The summed E-state index contributed by atoms with van der Waals surface area (Å²) in [5.74, 6) is 1.05. The molecular weight excluding hydrogens is 358 g/mol. The van der Waals surface area contributed by atoms with E-state index in [2.05, 4.69) is 10.6 Å². The fraction of sp³-hybridized carbons (Fsp3) is 0.333. The fourth-order valence-corrected chi connectivity index (χ4v) is 3.30. The monoisotopic (exact) mass is 383 g/mol. The molecular formula is C21H25N3O2S. The Bertz CT molecular complexity index is 821. The Kier molecular flexibility index (Phi) is 6.29. The van der Waals surface area contributed by atoms with Crippen molar-refractivity contribution in [2.24, 2.45) is 0 Å². The summed E-state index contributed by atoms with van der Waals surface area (Å²) in [5, 5.41) is 6.87. The molecule has 6 heteroatoms. The highest BCUT2D eigenvalue weighted by Gasteiger charge is 2.22. The molecule has 5 nitrogen and oxygen atoms in total. The molecule has 0 atom stereocenters. The smallest absolute Gasteiger partial charge is 0.227 e. The molecule has 0 unspecified atom stereocenters. The third-order valence-corrected chi connectivity index (χ3v) is 4.74. The number of rotatable bonds is 6. The highest BCUT2D eigenvalue weighted by molar-refractivity contribution is 7.80. The molecule has 0 bridgehead atoms. The van der Waals surface area contributed by atoms with Crippen molar-refractivity contribution in [2.45, 2.75) is 26.7 Å². The Labute approximate surface area is 165 Å². The quantitative estimate of drug-likeness (QED) is 0.587. The summed E-state index contributed by atoms with van der Waals surface area (Å²) in [7, 11) is 0. The Morgan fingerprint density at radius 3 is 2.63 bits per heavy atom. The van der Waals surface area contributed by atoms with Crippen molar-refractivity contribution in [3.8, 4) is 5.75 Å². The standard InChI is InChI=1S/C21H25N3O2S/c1-15-5-8-18(9-6-15)26-13-11-22-21(27)23-17-7-10-19(16(2)14-17)24-12-3-4-20(24)25/h5-10,14H,3-4,11-13H2,1-2H3,(H2,22,23,27). The molecule has 1 aliphatic rings. The first-order valence-corrected chi connectivity index (χ1v) is 9.59. The largest absolute Gasteiger partial charge is 0.492 e. The van der Waals surface area contributed by atoms with Crippen molar-refractivity contribution in [3.05, 3.63) is 53.6 Å². The van der Waals surface area contributed by atoms with Gasteiger partial charge in [-0.15, -0.1) is 0 Å². The first-order chi connectivity index (χ1) is 13.0. The molecule has 1 saturated heterocycles. The Morgan fingerprint density at radius 2 is 1.96 bits per heavy atom. The molecule has 0 saturated carbocycles. The minimum atomic E-state index is 0.199. The van der Waals surface area contributed by atoms with Gasteiger partial charge in [0.25, 0.3) is 0 Å². The third-order valence-electron chi connectivity index (χ3n) is 4.50. The number of carbonyl (C=O) groups excluding carboxylic acids is 1. The Hall–Kier alpha value is -2.60. The van der Waals surface area contributed by atoms with Crippen LogP contribution in [0.15, 0.2) is 42.5 Å². The van der Waals surface area contributed by atoms with Crippen LogP contribution in [0.3, 0.4) is 0 Å². The number of nitrogens with zero attached hydrogens (tertiary/aromatic N) is 1. The van der Waals surface area contributed by atoms with Crippen LogP contribution in [0, 0.1) is 13.8 Å². The number of hydrogen-bond donors (Lipinski definition) is 2. The molecule has 3 rings (SSSR count). The molecule has 2 N–H and O–H groups in total. The highest BCUT2D eigenvalue weighted by Crippen LogP contribution is 2.27. The van der Waals surface area contributed by atoms with E-state index in [1.807, 2.05) is 61.2 Å². The highest BCUT2D eigenvalue weighted by atomic mass is 32.1. The molecule has 1 heterocycles. The predicted molar refractivity (Wildman–Crippen MR) is 114 cm³/mol. The van der Waals surface area contributed by atoms with E-state index in [1.165, 1.54) is 5.56 Å². The second-order valence-electron chi connectivity index (χ2n) is 6.69. The fourth-order valence-electron chi connectivity index (χ4n) is 3.08. The molecule has 0 aromatic heterocycles. The van der Waals surface area contributed by atoms with Crippen LogP contribution in [0.5, 0.6) is 5.75 Å². The Morgan fingerprint density at radius 1 is 1.19 bits per heavy atom. The minimum absolute atomic E-state index is 0.199. The van der Waals surface area contributed by atoms with Gasteiger partial charge in [-0.05, 0) is 68.4 Å². The van der Waals surface area contributed by atoms with Crippen LogP contribution < -0.4 is 20.3 Å². The van der Waals surface area contributed by atoms with Gasteiger partial charge in [-0.1, -0.05) is 17.7 Å². The normalized spacial score (nSPS) is 13.6. The van der Waals surface area contributed by atoms with Gasteiger partial charge in [0.2, 0.25) is 5.91 Å². The average molecular weight is 384 g/mol. The maximum atomic E-state index is 11.9. The number of hydrogen-bond acceptors (Lipinski definition) is 3. The molecule has 2 aromatic carbocycles.